The predicted molar refractivity (Wildman–Crippen MR) is 123 cm³/mol. The first-order valence-electron chi connectivity index (χ1n) is 10.2. The molecule has 0 spiro atoms. The highest BCUT2D eigenvalue weighted by atomic mass is 127. The monoisotopic (exact) mass is 496 g/mol. The Bertz CT molecular complexity index is 465. The van der Waals surface area contributed by atoms with Crippen LogP contribution in [0.25, 0.3) is 0 Å². The molecule has 2 atom stereocenters. The molecule has 7 heteroatoms. The van der Waals surface area contributed by atoms with Gasteiger partial charge in [-0.3, -0.25) is 4.99 Å². The smallest absolute Gasteiger partial charge is 0.191 e. The lowest BCUT2D eigenvalue weighted by Crippen LogP contribution is -2.65. The van der Waals surface area contributed by atoms with Gasteiger partial charge in [0.05, 0.1) is 6.10 Å². The summed E-state index contributed by atoms with van der Waals surface area (Å²) in [5.74, 6) is 0.891. The molecule has 1 saturated carbocycles. The summed E-state index contributed by atoms with van der Waals surface area (Å²) in [6.45, 7) is 10.2. The molecular weight excluding hydrogens is 455 g/mol. The second kappa shape index (κ2) is 11.2. The molecule has 27 heavy (non-hydrogen) atoms. The van der Waals surface area contributed by atoms with Crippen LogP contribution in [-0.2, 0) is 9.47 Å². The number of nitrogens with one attached hydrogen (secondary N) is 2. The third-order valence-corrected chi connectivity index (χ3v) is 6.49. The average molecular weight is 496 g/mol. The van der Waals surface area contributed by atoms with Crippen LogP contribution < -0.4 is 10.6 Å². The SMILES string of the molecule is CCCCOC1CC(NC(=NC)NCC2(N(C)C)CCOCC2)C1(C)C.I. The Kier molecular flexibility index (Phi) is 10.3. The minimum Gasteiger partial charge on any atom is -0.381 e. The predicted octanol–water partition coefficient (Wildman–Crippen LogP) is 2.86. The zero-order chi connectivity index (χ0) is 19.2. The summed E-state index contributed by atoms with van der Waals surface area (Å²) in [5.41, 5.74) is 0.264. The maximum atomic E-state index is 6.06. The van der Waals surface area contributed by atoms with E-state index in [1.165, 1.54) is 6.42 Å². The van der Waals surface area contributed by atoms with Gasteiger partial charge in [0.2, 0.25) is 0 Å². The third-order valence-electron chi connectivity index (χ3n) is 6.49. The van der Waals surface area contributed by atoms with Crippen molar-refractivity contribution in [2.75, 3.05) is 47.5 Å². The van der Waals surface area contributed by atoms with E-state index in [1.54, 1.807) is 0 Å². The Morgan fingerprint density at radius 3 is 2.44 bits per heavy atom. The molecule has 2 N–H and O–H groups in total. The maximum absolute atomic E-state index is 6.06. The van der Waals surface area contributed by atoms with Crippen LogP contribution in [-0.4, -0.2) is 76.1 Å². The normalized spacial score (nSPS) is 26.9. The van der Waals surface area contributed by atoms with Gasteiger partial charge in [0.15, 0.2) is 5.96 Å². The lowest BCUT2D eigenvalue weighted by Gasteiger charge is -2.52. The molecule has 0 radical (unpaired) electrons. The number of likely N-dealkylation sites (N-methyl/N-ethyl adjacent to an activating group) is 1. The van der Waals surface area contributed by atoms with E-state index in [2.05, 4.69) is 55.4 Å². The van der Waals surface area contributed by atoms with Crippen molar-refractivity contribution in [2.45, 2.75) is 70.6 Å². The van der Waals surface area contributed by atoms with Gasteiger partial charge in [0.25, 0.3) is 0 Å². The zero-order valence-electron chi connectivity index (χ0n) is 18.1. The van der Waals surface area contributed by atoms with Crippen LogP contribution in [0.2, 0.25) is 0 Å². The fraction of sp³-hybridized carbons (Fsp3) is 0.950. The van der Waals surface area contributed by atoms with Crippen molar-refractivity contribution in [1.82, 2.24) is 15.5 Å². The highest BCUT2D eigenvalue weighted by Gasteiger charge is 2.49. The fourth-order valence-corrected chi connectivity index (χ4v) is 3.92. The Morgan fingerprint density at radius 2 is 1.93 bits per heavy atom. The van der Waals surface area contributed by atoms with Gasteiger partial charge in [-0.25, -0.2) is 0 Å². The molecule has 6 nitrogen and oxygen atoms in total. The number of unbranched alkanes of at least 4 members (excludes halogenated alkanes) is 1. The molecule has 1 saturated heterocycles. The van der Waals surface area contributed by atoms with E-state index in [1.807, 2.05) is 7.05 Å². The number of rotatable bonds is 8. The largest absolute Gasteiger partial charge is 0.381 e. The van der Waals surface area contributed by atoms with E-state index in [-0.39, 0.29) is 34.9 Å². The first kappa shape index (κ1) is 24.9. The molecule has 0 aromatic rings. The average Bonchev–Trinajstić information content (AvgIpc) is 2.63. The minimum absolute atomic E-state index is 0. The zero-order valence-corrected chi connectivity index (χ0v) is 20.5. The third kappa shape index (κ3) is 6.18. The van der Waals surface area contributed by atoms with Crippen molar-refractivity contribution < 1.29 is 9.47 Å². The number of ether oxygens (including phenoxy) is 2. The van der Waals surface area contributed by atoms with Crippen molar-refractivity contribution in [1.29, 1.82) is 0 Å². The van der Waals surface area contributed by atoms with E-state index in [4.69, 9.17) is 9.47 Å². The summed E-state index contributed by atoms with van der Waals surface area (Å²) in [4.78, 5) is 6.79. The number of hydrogen-bond donors (Lipinski definition) is 2. The summed E-state index contributed by atoms with van der Waals surface area (Å²) < 4.78 is 11.6. The van der Waals surface area contributed by atoms with Crippen LogP contribution in [0.15, 0.2) is 4.99 Å². The second-order valence-corrected chi connectivity index (χ2v) is 8.62. The first-order chi connectivity index (χ1) is 12.4. The number of hydrogen-bond acceptors (Lipinski definition) is 4. The maximum Gasteiger partial charge on any atom is 0.191 e. The van der Waals surface area contributed by atoms with Gasteiger partial charge < -0.3 is 25.0 Å². The number of halogens is 1. The van der Waals surface area contributed by atoms with Gasteiger partial charge in [-0.2, -0.15) is 0 Å². The van der Waals surface area contributed by atoms with Crippen LogP contribution in [0.3, 0.4) is 0 Å². The van der Waals surface area contributed by atoms with Crippen LogP contribution in [0.4, 0.5) is 0 Å². The van der Waals surface area contributed by atoms with Crippen molar-refractivity contribution in [3.05, 3.63) is 0 Å². The van der Waals surface area contributed by atoms with Crippen LogP contribution in [0, 0.1) is 5.41 Å². The summed E-state index contributed by atoms with van der Waals surface area (Å²) in [5, 5.41) is 7.18. The van der Waals surface area contributed by atoms with Crippen molar-refractivity contribution in [2.24, 2.45) is 10.4 Å². The molecule has 2 fully saturated rings. The Balaban J connectivity index is 0.00000364. The molecule has 2 unspecified atom stereocenters. The lowest BCUT2D eigenvalue weighted by atomic mass is 9.64. The van der Waals surface area contributed by atoms with Gasteiger partial charge >= 0.3 is 0 Å². The van der Waals surface area contributed by atoms with E-state index < -0.39 is 0 Å². The summed E-state index contributed by atoms with van der Waals surface area (Å²) >= 11 is 0. The number of nitrogens with zero attached hydrogens (tertiary/aromatic N) is 2. The minimum atomic E-state index is 0. The van der Waals surface area contributed by atoms with Gasteiger partial charge in [-0.1, -0.05) is 27.2 Å². The van der Waals surface area contributed by atoms with Crippen molar-refractivity contribution in [3.63, 3.8) is 0 Å². The molecular formula is C20H41IN4O2. The Hall–Kier alpha value is -0.120. The quantitative estimate of drug-likeness (QED) is 0.234. The van der Waals surface area contributed by atoms with E-state index in [0.29, 0.717) is 12.1 Å². The second-order valence-electron chi connectivity index (χ2n) is 8.62. The molecule has 0 aromatic carbocycles. The van der Waals surface area contributed by atoms with Crippen molar-refractivity contribution >= 4 is 29.9 Å². The van der Waals surface area contributed by atoms with Crippen LogP contribution >= 0.6 is 24.0 Å². The van der Waals surface area contributed by atoms with E-state index in [9.17, 15) is 0 Å². The highest BCUT2D eigenvalue weighted by molar-refractivity contribution is 14.0. The van der Waals surface area contributed by atoms with Crippen LogP contribution in [0.1, 0.15) is 52.9 Å². The summed E-state index contributed by atoms with van der Waals surface area (Å²) in [7, 11) is 6.18. The molecule has 1 aliphatic heterocycles. The van der Waals surface area contributed by atoms with Gasteiger partial charge in [0, 0.05) is 50.4 Å². The molecule has 0 bridgehead atoms. The Morgan fingerprint density at radius 1 is 1.26 bits per heavy atom. The number of aliphatic imine (C=N–C) groups is 1. The molecule has 0 aromatic heterocycles. The molecule has 1 aliphatic carbocycles. The fourth-order valence-electron chi connectivity index (χ4n) is 3.92. The highest BCUT2D eigenvalue weighted by Crippen LogP contribution is 2.42. The summed E-state index contributed by atoms with van der Waals surface area (Å²) in [6.07, 6.45) is 5.81. The lowest BCUT2D eigenvalue weighted by molar-refractivity contribution is -0.113. The topological polar surface area (TPSA) is 58.1 Å². The first-order valence-corrected chi connectivity index (χ1v) is 10.2. The van der Waals surface area contributed by atoms with Crippen LogP contribution in [0.5, 0.6) is 0 Å². The summed E-state index contributed by atoms with van der Waals surface area (Å²) in [6, 6.07) is 0.394. The standard InChI is InChI=1S/C20H40N4O2.HI/c1-7-8-11-26-17-14-16(19(17,2)3)23-18(21-4)22-15-20(24(5)6)9-12-25-13-10-20;/h16-17H,7-15H2,1-6H3,(H2,21,22,23);1H. The number of guanidine groups is 1. The molecule has 0 amide bonds. The van der Waals surface area contributed by atoms with Crippen molar-refractivity contribution in [3.8, 4) is 0 Å². The molecule has 2 aliphatic rings. The molecule has 160 valence electrons. The molecule has 2 rings (SSSR count). The van der Waals surface area contributed by atoms with Gasteiger partial charge in [0.1, 0.15) is 0 Å². The molecule has 1 heterocycles. The van der Waals surface area contributed by atoms with E-state index >= 15 is 0 Å². The van der Waals surface area contributed by atoms with Gasteiger partial charge in [-0.15, -0.1) is 24.0 Å². The van der Waals surface area contributed by atoms with Gasteiger partial charge in [-0.05, 0) is 39.8 Å². The Labute approximate surface area is 183 Å². The van der Waals surface area contributed by atoms with E-state index in [0.717, 1.165) is 58.0 Å².